The molecule has 0 aliphatic heterocycles. The zero-order valence-corrected chi connectivity index (χ0v) is 7.54. The van der Waals surface area contributed by atoms with Crippen LogP contribution in [-0.2, 0) is 6.54 Å². The number of aromatic nitrogens is 1. The van der Waals surface area contributed by atoms with Crippen LogP contribution in [0, 0.1) is 11.8 Å². The fraction of sp³-hybridized carbons (Fsp3) is 0.300. The molecule has 3 nitrogen and oxygen atoms in total. The van der Waals surface area contributed by atoms with Crippen molar-refractivity contribution in [3.05, 3.63) is 24.0 Å². The van der Waals surface area contributed by atoms with Crippen LogP contribution in [0.2, 0.25) is 0 Å². The lowest BCUT2D eigenvalue weighted by molar-refractivity contribution is 0.472. The highest BCUT2D eigenvalue weighted by Gasteiger charge is 1.92. The van der Waals surface area contributed by atoms with Crippen molar-refractivity contribution in [2.24, 2.45) is 0 Å². The third-order valence-corrected chi connectivity index (χ3v) is 1.51. The van der Waals surface area contributed by atoms with Crippen molar-refractivity contribution in [3.8, 4) is 17.6 Å². The molecule has 0 radical (unpaired) electrons. The quantitative estimate of drug-likeness (QED) is 0.531. The molecule has 0 atom stereocenters. The highest BCUT2D eigenvalue weighted by atomic mass is 16.3. The zero-order valence-electron chi connectivity index (χ0n) is 7.54. The van der Waals surface area contributed by atoms with Crippen LogP contribution in [0.4, 0.5) is 0 Å². The van der Waals surface area contributed by atoms with Crippen LogP contribution in [0.25, 0.3) is 0 Å². The second-order valence-corrected chi connectivity index (χ2v) is 2.54. The van der Waals surface area contributed by atoms with E-state index in [-0.39, 0.29) is 5.75 Å². The topological polar surface area (TPSA) is 45.1 Å². The van der Waals surface area contributed by atoms with Crippen molar-refractivity contribution in [1.82, 2.24) is 10.3 Å². The predicted octanol–water partition coefficient (Wildman–Crippen LogP) is 0.900. The molecule has 3 heteroatoms. The van der Waals surface area contributed by atoms with Gasteiger partial charge in [0.05, 0.1) is 18.4 Å². The van der Waals surface area contributed by atoms with E-state index in [0.29, 0.717) is 13.1 Å². The molecule has 0 unspecified atom stereocenters. The van der Waals surface area contributed by atoms with E-state index >= 15 is 0 Å². The van der Waals surface area contributed by atoms with Crippen molar-refractivity contribution < 1.29 is 5.11 Å². The van der Waals surface area contributed by atoms with E-state index in [2.05, 4.69) is 22.1 Å². The molecular weight excluding hydrogens is 164 g/mol. The summed E-state index contributed by atoms with van der Waals surface area (Å²) in [7, 11) is 0. The van der Waals surface area contributed by atoms with Crippen LogP contribution >= 0.6 is 0 Å². The summed E-state index contributed by atoms with van der Waals surface area (Å²) in [5.74, 6) is 5.87. The van der Waals surface area contributed by atoms with E-state index < -0.39 is 0 Å². The minimum atomic E-state index is 0.192. The molecule has 0 fully saturated rings. The van der Waals surface area contributed by atoms with Crippen molar-refractivity contribution in [1.29, 1.82) is 0 Å². The summed E-state index contributed by atoms with van der Waals surface area (Å²) in [6, 6.07) is 3.40. The molecular formula is C10H12N2O. The smallest absolute Gasteiger partial charge is 0.133 e. The molecule has 1 heterocycles. The summed E-state index contributed by atoms with van der Waals surface area (Å²) < 4.78 is 0. The Labute approximate surface area is 77.8 Å². The lowest BCUT2D eigenvalue weighted by atomic mass is 10.3. The molecule has 1 rings (SSSR count). The lowest BCUT2D eigenvalue weighted by Crippen LogP contribution is -2.13. The van der Waals surface area contributed by atoms with Crippen LogP contribution in [0.1, 0.15) is 12.6 Å². The Morgan fingerprint density at radius 3 is 3.00 bits per heavy atom. The van der Waals surface area contributed by atoms with Gasteiger partial charge in [0.2, 0.25) is 0 Å². The fourth-order valence-corrected chi connectivity index (χ4v) is 0.863. The summed E-state index contributed by atoms with van der Waals surface area (Å²) in [6.45, 7) is 3.15. The normalized spacial score (nSPS) is 9.00. The van der Waals surface area contributed by atoms with Crippen LogP contribution < -0.4 is 5.32 Å². The van der Waals surface area contributed by atoms with Gasteiger partial charge in [0.25, 0.3) is 0 Å². The van der Waals surface area contributed by atoms with Crippen molar-refractivity contribution in [2.75, 3.05) is 6.54 Å². The first-order valence-corrected chi connectivity index (χ1v) is 4.07. The molecule has 0 spiro atoms. The van der Waals surface area contributed by atoms with Crippen molar-refractivity contribution >= 4 is 0 Å². The van der Waals surface area contributed by atoms with Crippen LogP contribution in [0.3, 0.4) is 0 Å². The van der Waals surface area contributed by atoms with Gasteiger partial charge >= 0.3 is 0 Å². The zero-order chi connectivity index (χ0) is 9.52. The monoisotopic (exact) mass is 176 g/mol. The number of rotatable bonds is 3. The third kappa shape index (κ3) is 3.59. The molecule has 1 aromatic heterocycles. The Hall–Kier alpha value is -1.53. The summed E-state index contributed by atoms with van der Waals surface area (Å²) >= 11 is 0. The van der Waals surface area contributed by atoms with E-state index in [1.54, 1.807) is 19.1 Å². The summed E-state index contributed by atoms with van der Waals surface area (Å²) in [6.07, 6.45) is 1.43. The second-order valence-electron chi connectivity index (χ2n) is 2.54. The van der Waals surface area contributed by atoms with E-state index in [1.165, 1.54) is 6.20 Å². The maximum absolute atomic E-state index is 8.96. The number of hydrogen-bond acceptors (Lipinski definition) is 3. The lowest BCUT2D eigenvalue weighted by Gasteiger charge is -1.99. The first kappa shape index (κ1) is 9.56. The van der Waals surface area contributed by atoms with E-state index in [0.717, 1.165) is 5.69 Å². The van der Waals surface area contributed by atoms with Crippen molar-refractivity contribution in [3.63, 3.8) is 0 Å². The van der Waals surface area contributed by atoms with Gasteiger partial charge in [-0.1, -0.05) is 5.92 Å². The van der Waals surface area contributed by atoms with E-state index in [1.807, 2.05) is 0 Å². The molecule has 0 aliphatic carbocycles. The number of aromatic hydroxyl groups is 1. The predicted molar refractivity (Wildman–Crippen MR) is 51.1 cm³/mol. The van der Waals surface area contributed by atoms with Gasteiger partial charge in [0.15, 0.2) is 0 Å². The maximum Gasteiger partial charge on any atom is 0.133 e. The van der Waals surface area contributed by atoms with Crippen LogP contribution in [-0.4, -0.2) is 16.6 Å². The summed E-state index contributed by atoms with van der Waals surface area (Å²) in [5.41, 5.74) is 0.899. The molecule has 0 bridgehead atoms. The Morgan fingerprint density at radius 2 is 2.38 bits per heavy atom. The molecule has 0 saturated carbocycles. The Kier molecular flexibility index (Phi) is 3.80. The highest BCUT2D eigenvalue weighted by Crippen LogP contribution is 2.05. The molecule has 0 aromatic carbocycles. The molecule has 0 aliphatic rings. The molecule has 13 heavy (non-hydrogen) atoms. The Balaban J connectivity index is 2.36. The molecule has 0 amide bonds. The number of pyridine rings is 1. The van der Waals surface area contributed by atoms with Crippen LogP contribution in [0.15, 0.2) is 18.3 Å². The van der Waals surface area contributed by atoms with Gasteiger partial charge in [0, 0.05) is 6.54 Å². The highest BCUT2D eigenvalue weighted by molar-refractivity contribution is 5.17. The largest absolute Gasteiger partial charge is 0.506 e. The minimum absolute atomic E-state index is 0.192. The average molecular weight is 176 g/mol. The maximum atomic E-state index is 8.96. The van der Waals surface area contributed by atoms with Gasteiger partial charge in [-0.2, -0.15) is 0 Å². The van der Waals surface area contributed by atoms with E-state index in [4.69, 9.17) is 5.11 Å². The molecule has 1 aromatic rings. The number of nitrogens with zero attached hydrogens (tertiary/aromatic N) is 1. The van der Waals surface area contributed by atoms with E-state index in [9.17, 15) is 0 Å². The van der Waals surface area contributed by atoms with Gasteiger partial charge in [-0.05, 0) is 19.1 Å². The first-order chi connectivity index (χ1) is 6.33. The molecule has 68 valence electrons. The molecule has 0 saturated heterocycles. The van der Waals surface area contributed by atoms with Gasteiger partial charge in [-0.3, -0.25) is 4.98 Å². The number of hydrogen-bond donors (Lipinski definition) is 2. The van der Waals surface area contributed by atoms with Gasteiger partial charge in [0.1, 0.15) is 5.75 Å². The second kappa shape index (κ2) is 5.18. The van der Waals surface area contributed by atoms with Gasteiger partial charge in [-0.15, -0.1) is 5.92 Å². The number of nitrogens with one attached hydrogen (secondary N) is 1. The Bertz CT molecular complexity index is 308. The van der Waals surface area contributed by atoms with Gasteiger partial charge in [-0.25, -0.2) is 0 Å². The Morgan fingerprint density at radius 1 is 1.54 bits per heavy atom. The average Bonchev–Trinajstić information content (AvgIpc) is 2.15. The SMILES string of the molecule is CC#CCNCc1ccc(O)cn1. The molecule has 2 N–H and O–H groups in total. The first-order valence-electron chi connectivity index (χ1n) is 4.07. The summed E-state index contributed by atoms with van der Waals surface area (Å²) in [5, 5.41) is 12.1. The van der Waals surface area contributed by atoms with Crippen molar-refractivity contribution in [2.45, 2.75) is 13.5 Å². The standard InChI is InChI=1S/C10H12N2O/c1-2-3-6-11-7-9-4-5-10(13)8-12-9/h4-5,8,11,13H,6-7H2,1H3. The third-order valence-electron chi connectivity index (χ3n) is 1.51. The minimum Gasteiger partial charge on any atom is -0.506 e. The van der Waals surface area contributed by atoms with Crippen LogP contribution in [0.5, 0.6) is 5.75 Å². The van der Waals surface area contributed by atoms with Gasteiger partial charge < -0.3 is 10.4 Å². The fourth-order valence-electron chi connectivity index (χ4n) is 0.863. The summed E-state index contributed by atoms with van der Waals surface area (Å²) in [4.78, 5) is 4.02.